The Kier molecular flexibility index (Phi) is 4.65. The number of rotatable bonds is 6. The molecule has 1 unspecified atom stereocenters. The van der Waals surface area contributed by atoms with Crippen LogP contribution in [0.15, 0.2) is 22.7 Å². The summed E-state index contributed by atoms with van der Waals surface area (Å²) < 4.78 is 6.15. The standard InChI is InChI=1S/C14H16BrNO4/c1-8-2-5-11(10(15)6-8)20-7-12(17)16-13(14(18)19)9-3-4-9/h2,5-6,9,13H,3-4,7H2,1H3,(H,16,17)(H,18,19). The lowest BCUT2D eigenvalue weighted by molar-refractivity contribution is -0.142. The van der Waals surface area contributed by atoms with E-state index in [2.05, 4.69) is 21.2 Å². The van der Waals surface area contributed by atoms with Crippen LogP contribution in [-0.4, -0.2) is 29.6 Å². The van der Waals surface area contributed by atoms with Gasteiger partial charge in [0.1, 0.15) is 11.8 Å². The van der Waals surface area contributed by atoms with Crippen LogP contribution in [0.25, 0.3) is 0 Å². The first-order valence-electron chi connectivity index (χ1n) is 6.38. The van der Waals surface area contributed by atoms with Gasteiger partial charge in [0, 0.05) is 0 Å². The summed E-state index contributed by atoms with van der Waals surface area (Å²) in [7, 11) is 0. The molecule has 1 aromatic rings. The normalized spacial score (nSPS) is 15.5. The van der Waals surface area contributed by atoms with Gasteiger partial charge >= 0.3 is 5.97 Å². The van der Waals surface area contributed by atoms with Crippen LogP contribution in [0.1, 0.15) is 18.4 Å². The molecule has 0 saturated heterocycles. The number of halogens is 1. The molecular weight excluding hydrogens is 326 g/mol. The maximum absolute atomic E-state index is 11.7. The van der Waals surface area contributed by atoms with Gasteiger partial charge in [0.25, 0.3) is 5.91 Å². The van der Waals surface area contributed by atoms with Crippen molar-refractivity contribution >= 4 is 27.8 Å². The molecular formula is C14H16BrNO4. The Morgan fingerprint density at radius 2 is 2.20 bits per heavy atom. The van der Waals surface area contributed by atoms with Crippen LogP contribution in [0, 0.1) is 12.8 Å². The predicted octanol–water partition coefficient (Wildman–Crippen LogP) is 2.12. The average molecular weight is 342 g/mol. The van der Waals surface area contributed by atoms with Crippen molar-refractivity contribution in [1.82, 2.24) is 5.32 Å². The minimum Gasteiger partial charge on any atom is -0.483 e. The second-order valence-corrected chi connectivity index (χ2v) is 5.80. The predicted molar refractivity (Wildman–Crippen MR) is 76.7 cm³/mol. The van der Waals surface area contributed by atoms with Crippen molar-refractivity contribution in [1.29, 1.82) is 0 Å². The van der Waals surface area contributed by atoms with E-state index in [1.54, 1.807) is 6.07 Å². The first-order chi connectivity index (χ1) is 9.47. The number of hydrogen-bond acceptors (Lipinski definition) is 3. The Bertz CT molecular complexity index is 528. The molecule has 6 heteroatoms. The lowest BCUT2D eigenvalue weighted by Gasteiger charge is -2.14. The number of hydrogen-bond donors (Lipinski definition) is 2. The minimum atomic E-state index is -0.989. The van der Waals surface area contributed by atoms with Crippen molar-refractivity contribution in [3.63, 3.8) is 0 Å². The van der Waals surface area contributed by atoms with E-state index in [4.69, 9.17) is 9.84 Å². The first-order valence-corrected chi connectivity index (χ1v) is 7.18. The Balaban J connectivity index is 1.86. The monoisotopic (exact) mass is 341 g/mol. The smallest absolute Gasteiger partial charge is 0.326 e. The molecule has 0 bridgehead atoms. The fourth-order valence-corrected chi connectivity index (χ4v) is 2.50. The zero-order chi connectivity index (χ0) is 14.7. The third-order valence-corrected chi connectivity index (χ3v) is 3.74. The van der Waals surface area contributed by atoms with Crippen LogP contribution in [-0.2, 0) is 9.59 Å². The van der Waals surface area contributed by atoms with Crippen LogP contribution < -0.4 is 10.1 Å². The number of carboxylic acid groups (broad SMARTS) is 1. The van der Waals surface area contributed by atoms with E-state index in [0.717, 1.165) is 22.9 Å². The molecule has 0 heterocycles. The van der Waals surface area contributed by atoms with Gasteiger partial charge < -0.3 is 15.2 Å². The molecule has 1 aliphatic rings. The number of carbonyl (C=O) groups excluding carboxylic acids is 1. The average Bonchev–Trinajstić information content (AvgIpc) is 3.18. The maximum Gasteiger partial charge on any atom is 0.326 e. The maximum atomic E-state index is 11.7. The van der Waals surface area contributed by atoms with Gasteiger partial charge in [0.05, 0.1) is 4.47 Å². The van der Waals surface area contributed by atoms with Gasteiger partial charge in [-0.3, -0.25) is 4.79 Å². The number of benzene rings is 1. The highest BCUT2D eigenvalue weighted by atomic mass is 79.9. The third-order valence-electron chi connectivity index (χ3n) is 3.12. The Hall–Kier alpha value is -1.56. The van der Waals surface area contributed by atoms with Crippen molar-refractivity contribution in [3.05, 3.63) is 28.2 Å². The van der Waals surface area contributed by atoms with Gasteiger partial charge in [-0.25, -0.2) is 4.79 Å². The molecule has 1 amide bonds. The molecule has 5 nitrogen and oxygen atoms in total. The summed E-state index contributed by atoms with van der Waals surface area (Å²) in [6.07, 6.45) is 1.70. The number of carboxylic acids is 1. The van der Waals surface area contributed by atoms with E-state index in [1.807, 2.05) is 19.1 Å². The van der Waals surface area contributed by atoms with E-state index in [9.17, 15) is 9.59 Å². The van der Waals surface area contributed by atoms with E-state index in [-0.39, 0.29) is 12.5 Å². The van der Waals surface area contributed by atoms with Crippen molar-refractivity contribution in [2.24, 2.45) is 5.92 Å². The van der Waals surface area contributed by atoms with Crippen molar-refractivity contribution in [3.8, 4) is 5.75 Å². The van der Waals surface area contributed by atoms with Crippen LogP contribution >= 0.6 is 15.9 Å². The Morgan fingerprint density at radius 3 is 2.75 bits per heavy atom. The second-order valence-electron chi connectivity index (χ2n) is 4.94. The minimum absolute atomic E-state index is 0.0579. The summed E-state index contributed by atoms with van der Waals surface area (Å²) in [5.74, 6) is -0.791. The lowest BCUT2D eigenvalue weighted by Crippen LogP contribution is -2.44. The molecule has 108 valence electrons. The quantitative estimate of drug-likeness (QED) is 0.830. The molecule has 0 aliphatic heterocycles. The molecule has 1 aliphatic carbocycles. The van der Waals surface area contributed by atoms with Crippen molar-refractivity contribution in [2.45, 2.75) is 25.8 Å². The number of carbonyl (C=O) groups is 2. The summed E-state index contributed by atoms with van der Waals surface area (Å²) in [4.78, 5) is 22.7. The summed E-state index contributed by atoms with van der Waals surface area (Å²) >= 11 is 3.35. The van der Waals surface area contributed by atoms with Crippen LogP contribution in [0.2, 0.25) is 0 Å². The van der Waals surface area contributed by atoms with Gasteiger partial charge in [-0.1, -0.05) is 6.07 Å². The summed E-state index contributed by atoms with van der Waals surface area (Å²) in [5.41, 5.74) is 1.08. The molecule has 2 rings (SSSR count). The summed E-state index contributed by atoms with van der Waals surface area (Å²) in [6, 6.07) is 4.73. The van der Waals surface area contributed by atoms with E-state index >= 15 is 0 Å². The SMILES string of the molecule is Cc1ccc(OCC(=O)NC(C(=O)O)C2CC2)c(Br)c1. The zero-order valence-electron chi connectivity index (χ0n) is 11.1. The van der Waals surface area contributed by atoms with Crippen LogP contribution in [0.5, 0.6) is 5.75 Å². The fourth-order valence-electron chi connectivity index (χ4n) is 1.89. The highest BCUT2D eigenvalue weighted by Crippen LogP contribution is 2.32. The van der Waals surface area contributed by atoms with Gasteiger partial charge in [-0.15, -0.1) is 0 Å². The topological polar surface area (TPSA) is 75.6 Å². The molecule has 1 fully saturated rings. The second kappa shape index (κ2) is 6.26. The van der Waals surface area contributed by atoms with Gasteiger partial charge in [0.15, 0.2) is 6.61 Å². The van der Waals surface area contributed by atoms with Gasteiger partial charge in [-0.2, -0.15) is 0 Å². The van der Waals surface area contributed by atoms with E-state index in [0.29, 0.717) is 5.75 Å². The largest absolute Gasteiger partial charge is 0.483 e. The van der Waals surface area contributed by atoms with E-state index < -0.39 is 17.9 Å². The molecule has 1 atom stereocenters. The highest BCUT2D eigenvalue weighted by Gasteiger charge is 2.37. The van der Waals surface area contributed by atoms with Crippen molar-refractivity contribution in [2.75, 3.05) is 6.61 Å². The highest BCUT2D eigenvalue weighted by molar-refractivity contribution is 9.10. The molecule has 0 spiro atoms. The van der Waals surface area contributed by atoms with E-state index in [1.165, 1.54) is 0 Å². The number of nitrogens with one attached hydrogen (secondary N) is 1. The third kappa shape index (κ3) is 3.96. The summed E-state index contributed by atoms with van der Waals surface area (Å²) in [5, 5.41) is 11.5. The fraction of sp³-hybridized carbons (Fsp3) is 0.429. The summed E-state index contributed by atoms with van der Waals surface area (Å²) in [6.45, 7) is 1.76. The van der Waals surface area contributed by atoms with Gasteiger partial charge in [0.2, 0.25) is 0 Å². The molecule has 0 aromatic heterocycles. The van der Waals surface area contributed by atoms with Crippen LogP contribution in [0.4, 0.5) is 0 Å². The molecule has 1 saturated carbocycles. The lowest BCUT2D eigenvalue weighted by atomic mass is 10.2. The molecule has 20 heavy (non-hydrogen) atoms. The van der Waals surface area contributed by atoms with Crippen molar-refractivity contribution < 1.29 is 19.4 Å². The molecule has 0 radical (unpaired) electrons. The van der Waals surface area contributed by atoms with Crippen LogP contribution in [0.3, 0.4) is 0 Å². The number of ether oxygens (including phenoxy) is 1. The number of aliphatic carboxylic acids is 1. The first kappa shape index (κ1) is 14.8. The van der Waals surface area contributed by atoms with Gasteiger partial charge in [-0.05, 0) is 59.3 Å². The number of aryl methyl sites for hydroxylation is 1. The molecule has 2 N–H and O–H groups in total. The Morgan fingerprint density at radius 1 is 1.50 bits per heavy atom. The Labute approximate surface area is 125 Å². The number of amides is 1. The zero-order valence-corrected chi connectivity index (χ0v) is 12.6. The molecule has 1 aromatic carbocycles.